The maximum absolute atomic E-state index is 12.8. The van der Waals surface area contributed by atoms with Crippen LogP contribution in [0.25, 0.3) is 0 Å². The van der Waals surface area contributed by atoms with Crippen LogP contribution in [0.4, 0.5) is 5.69 Å². The van der Waals surface area contributed by atoms with Crippen LogP contribution >= 0.6 is 39.7 Å². The summed E-state index contributed by atoms with van der Waals surface area (Å²) in [5.74, 6) is -2.57. The van der Waals surface area contributed by atoms with Crippen molar-refractivity contribution in [3.05, 3.63) is 58.0 Å². The van der Waals surface area contributed by atoms with Gasteiger partial charge in [-0.15, -0.1) is 0 Å². The molecule has 0 radical (unpaired) electrons. The molecule has 3 rings (SSSR count). The molecule has 8 nitrogen and oxygen atoms in total. The third-order valence-electron chi connectivity index (χ3n) is 3.88. The Morgan fingerprint density at radius 3 is 2.57 bits per heavy atom. The Kier molecular flexibility index (Phi) is 7.14. The van der Waals surface area contributed by atoms with E-state index in [-0.39, 0.29) is 11.7 Å². The molecule has 2 N–H and O–H groups in total. The molecule has 0 spiro atoms. The van der Waals surface area contributed by atoms with Gasteiger partial charge in [0.25, 0.3) is 11.8 Å². The number of nitrogens with one attached hydrogen (secondary N) is 2. The minimum absolute atomic E-state index is 0.0302. The molecule has 1 heterocycles. The van der Waals surface area contributed by atoms with Gasteiger partial charge in [0.1, 0.15) is 5.75 Å². The second-order valence-electron chi connectivity index (χ2n) is 5.98. The summed E-state index contributed by atoms with van der Waals surface area (Å²) in [7, 11) is 0. The predicted octanol–water partition coefficient (Wildman–Crippen LogP) is 2.65. The summed E-state index contributed by atoms with van der Waals surface area (Å²) in [6.07, 6.45) is 1.05. The fourth-order valence-corrected chi connectivity index (χ4v) is 3.14. The van der Waals surface area contributed by atoms with Crippen LogP contribution in [-0.4, -0.2) is 35.7 Å². The standard InChI is InChI=1S/C19H14BrClN4O4S/c20-11-1-5-13(6-2-11)25-18(28)15(17(27)23-19(25)30)9-22-24-16(26)10-29-14-7-3-12(21)4-8-14/h1-9,15H,10H2,(H,24,26)(H,23,27,30)/b22-9-/t15-/m0/s1. The quantitative estimate of drug-likeness (QED) is 0.270. The number of rotatable bonds is 6. The molecule has 154 valence electrons. The number of hydrogen-bond donors (Lipinski definition) is 2. The Bertz CT molecular complexity index is 1010. The number of halogens is 2. The van der Waals surface area contributed by atoms with Gasteiger partial charge in [-0.2, -0.15) is 5.10 Å². The van der Waals surface area contributed by atoms with Gasteiger partial charge in [0.2, 0.25) is 5.91 Å². The van der Waals surface area contributed by atoms with Gasteiger partial charge >= 0.3 is 0 Å². The van der Waals surface area contributed by atoms with Gasteiger partial charge in [-0.3, -0.25) is 19.3 Å². The van der Waals surface area contributed by atoms with Gasteiger partial charge < -0.3 is 10.1 Å². The van der Waals surface area contributed by atoms with E-state index in [0.29, 0.717) is 16.5 Å². The van der Waals surface area contributed by atoms with E-state index in [2.05, 4.69) is 31.8 Å². The molecule has 1 saturated heterocycles. The number of benzene rings is 2. The van der Waals surface area contributed by atoms with Gasteiger partial charge in [-0.05, 0) is 60.7 Å². The number of hydrogen-bond acceptors (Lipinski definition) is 6. The van der Waals surface area contributed by atoms with Crippen molar-refractivity contribution in [2.45, 2.75) is 0 Å². The SMILES string of the molecule is O=C(COc1ccc(Cl)cc1)N/N=C\[C@H]1C(=O)NC(=S)N(c2ccc(Br)cc2)C1=O. The summed E-state index contributed by atoms with van der Waals surface area (Å²) >= 11 is 14.2. The fourth-order valence-electron chi connectivity index (χ4n) is 2.45. The molecular weight excluding hydrogens is 496 g/mol. The van der Waals surface area contributed by atoms with Crippen LogP contribution < -0.4 is 20.4 Å². The van der Waals surface area contributed by atoms with Crippen molar-refractivity contribution in [1.29, 1.82) is 0 Å². The van der Waals surface area contributed by atoms with Crippen LogP contribution in [0.5, 0.6) is 5.75 Å². The molecule has 1 aliphatic heterocycles. The first-order valence-corrected chi connectivity index (χ1v) is 10.1. The summed E-state index contributed by atoms with van der Waals surface area (Å²) in [5.41, 5.74) is 2.71. The molecular formula is C19H14BrClN4O4S. The van der Waals surface area contributed by atoms with E-state index in [1.807, 2.05) is 0 Å². The Labute approximate surface area is 190 Å². The lowest BCUT2D eigenvalue weighted by molar-refractivity contribution is -0.130. The number of carbonyl (C=O) groups is 3. The van der Waals surface area contributed by atoms with Gasteiger partial charge in [0.05, 0.1) is 5.69 Å². The maximum Gasteiger partial charge on any atom is 0.277 e. The number of hydrazone groups is 1. The highest BCUT2D eigenvalue weighted by Crippen LogP contribution is 2.22. The molecule has 0 bridgehead atoms. The Hall–Kier alpha value is -2.82. The van der Waals surface area contributed by atoms with E-state index in [4.69, 9.17) is 28.6 Å². The average Bonchev–Trinajstić information content (AvgIpc) is 2.71. The lowest BCUT2D eigenvalue weighted by atomic mass is 10.1. The van der Waals surface area contributed by atoms with E-state index in [1.54, 1.807) is 48.5 Å². The van der Waals surface area contributed by atoms with Crippen molar-refractivity contribution in [1.82, 2.24) is 10.7 Å². The smallest absolute Gasteiger partial charge is 0.277 e. The van der Waals surface area contributed by atoms with Crippen LogP contribution in [0.3, 0.4) is 0 Å². The van der Waals surface area contributed by atoms with Crippen molar-refractivity contribution < 1.29 is 19.1 Å². The van der Waals surface area contributed by atoms with Crippen LogP contribution in [0.1, 0.15) is 0 Å². The molecule has 0 aliphatic carbocycles. The van der Waals surface area contributed by atoms with Crippen LogP contribution in [-0.2, 0) is 14.4 Å². The van der Waals surface area contributed by atoms with Gasteiger partial charge in [0.15, 0.2) is 17.6 Å². The van der Waals surface area contributed by atoms with E-state index in [9.17, 15) is 14.4 Å². The van der Waals surface area contributed by atoms with Crippen molar-refractivity contribution in [3.63, 3.8) is 0 Å². The summed E-state index contributed by atoms with van der Waals surface area (Å²) in [4.78, 5) is 38.0. The van der Waals surface area contributed by atoms with E-state index >= 15 is 0 Å². The number of anilines is 1. The second kappa shape index (κ2) is 9.79. The van der Waals surface area contributed by atoms with Crippen molar-refractivity contribution in [3.8, 4) is 5.75 Å². The van der Waals surface area contributed by atoms with Gasteiger partial charge in [0, 0.05) is 15.7 Å². The van der Waals surface area contributed by atoms with E-state index in [0.717, 1.165) is 10.7 Å². The topological polar surface area (TPSA) is 100 Å². The average molecular weight is 510 g/mol. The summed E-state index contributed by atoms with van der Waals surface area (Å²) < 4.78 is 6.11. The minimum atomic E-state index is -1.25. The van der Waals surface area contributed by atoms with Crippen LogP contribution in [0, 0.1) is 5.92 Å². The van der Waals surface area contributed by atoms with Gasteiger partial charge in [-0.1, -0.05) is 27.5 Å². The molecule has 30 heavy (non-hydrogen) atoms. The Morgan fingerprint density at radius 2 is 1.90 bits per heavy atom. The van der Waals surface area contributed by atoms with Crippen LogP contribution in [0.15, 0.2) is 58.1 Å². The fraction of sp³-hybridized carbons (Fsp3) is 0.105. The third kappa shape index (κ3) is 5.41. The molecule has 0 saturated carbocycles. The normalized spacial score (nSPS) is 16.5. The molecule has 11 heteroatoms. The molecule has 2 aromatic carbocycles. The first kappa shape index (κ1) is 21.9. The highest BCUT2D eigenvalue weighted by atomic mass is 79.9. The van der Waals surface area contributed by atoms with Gasteiger partial charge in [-0.25, -0.2) is 5.43 Å². The van der Waals surface area contributed by atoms with Crippen molar-refractivity contribution >= 4 is 74.5 Å². The zero-order valence-corrected chi connectivity index (χ0v) is 18.3. The molecule has 0 aromatic heterocycles. The number of thiocarbonyl (C=S) groups is 1. The first-order valence-electron chi connectivity index (χ1n) is 8.50. The maximum atomic E-state index is 12.8. The summed E-state index contributed by atoms with van der Waals surface area (Å²) in [6.45, 7) is -0.307. The number of amides is 3. The lowest BCUT2D eigenvalue weighted by Crippen LogP contribution is -2.58. The number of carbonyl (C=O) groups excluding carboxylic acids is 3. The zero-order valence-electron chi connectivity index (χ0n) is 15.2. The molecule has 1 aliphatic rings. The Morgan fingerprint density at radius 1 is 1.23 bits per heavy atom. The van der Waals surface area contributed by atoms with E-state index in [1.165, 1.54) is 4.90 Å². The molecule has 1 fully saturated rings. The monoisotopic (exact) mass is 508 g/mol. The number of ether oxygens (including phenoxy) is 1. The second-order valence-corrected chi connectivity index (χ2v) is 7.72. The molecule has 2 aromatic rings. The third-order valence-corrected chi connectivity index (χ3v) is 4.95. The Balaban J connectivity index is 1.60. The largest absolute Gasteiger partial charge is 0.484 e. The lowest BCUT2D eigenvalue weighted by Gasteiger charge is -2.30. The first-order chi connectivity index (χ1) is 14.3. The zero-order chi connectivity index (χ0) is 21.7. The van der Waals surface area contributed by atoms with Crippen LogP contribution in [0.2, 0.25) is 5.02 Å². The summed E-state index contributed by atoms with van der Waals surface area (Å²) in [5, 5.41) is 6.68. The minimum Gasteiger partial charge on any atom is -0.484 e. The predicted molar refractivity (Wildman–Crippen MR) is 119 cm³/mol. The molecule has 1 atom stereocenters. The summed E-state index contributed by atoms with van der Waals surface area (Å²) in [6, 6.07) is 13.3. The highest BCUT2D eigenvalue weighted by Gasteiger charge is 2.38. The van der Waals surface area contributed by atoms with Crippen molar-refractivity contribution in [2.24, 2.45) is 11.0 Å². The van der Waals surface area contributed by atoms with E-state index < -0.39 is 23.6 Å². The molecule has 0 unspecified atom stereocenters. The number of nitrogens with zero attached hydrogens (tertiary/aromatic N) is 2. The van der Waals surface area contributed by atoms with Crippen molar-refractivity contribution in [2.75, 3.05) is 11.5 Å². The highest BCUT2D eigenvalue weighted by molar-refractivity contribution is 9.10. The molecule has 3 amide bonds.